The summed E-state index contributed by atoms with van der Waals surface area (Å²) >= 11 is 0. The molecule has 9 heteroatoms. The number of esters is 1. The average Bonchev–Trinajstić information content (AvgIpc) is 3.09. The minimum atomic E-state index is -0.570. The smallest absolute Gasteiger partial charge is 0.358 e. The molecule has 0 saturated heterocycles. The van der Waals surface area contributed by atoms with Crippen LogP contribution in [0.15, 0.2) is 6.07 Å². The zero-order valence-electron chi connectivity index (χ0n) is 16.2. The maximum absolute atomic E-state index is 13.1. The van der Waals surface area contributed by atoms with Crippen LogP contribution in [0.4, 0.5) is 5.69 Å². The lowest BCUT2D eigenvalue weighted by atomic mass is 10.1. The molecule has 3 rings (SSSR count). The van der Waals surface area contributed by atoms with E-state index < -0.39 is 5.97 Å². The van der Waals surface area contributed by atoms with Crippen LogP contribution in [0.1, 0.15) is 44.9 Å². The van der Waals surface area contributed by atoms with E-state index in [4.69, 9.17) is 4.74 Å². The van der Waals surface area contributed by atoms with Crippen molar-refractivity contribution in [1.82, 2.24) is 24.5 Å². The molecule has 0 fully saturated rings. The summed E-state index contributed by atoms with van der Waals surface area (Å²) in [5, 5.41) is 12.2. The van der Waals surface area contributed by atoms with Gasteiger partial charge < -0.3 is 10.1 Å². The topological polar surface area (TPSA) is 104 Å². The predicted molar refractivity (Wildman–Crippen MR) is 99.9 cm³/mol. The molecule has 3 aromatic rings. The summed E-state index contributed by atoms with van der Waals surface area (Å²) in [6, 6.07) is 1.72. The van der Waals surface area contributed by atoms with Crippen molar-refractivity contribution in [3.63, 3.8) is 0 Å². The maximum Gasteiger partial charge on any atom is 0.358 e. The summed E-state index contributed by atoms with van der Waals surface area (Å²) < 4.78 is 7.97. The summed E-state index contributed by atoms with van der Waals surface area (Å²) in [6.45, 7) is 8.01. The summed E-state index contributed by atoms with van der Waals surface area (Å²) in [5.41, 5.74) is 3.59. The van der Waals surface area contributed by atoms with Gasteiger partial charge in [0.05, 0.1) is 35.1 Å². The number of pyridine rings is 1. The molecule has 0 aliphatic heterocycles. The SMILES string of the molecule is CCn1nc(C)c2c(C(=O)Nc3c(C)nn(C)c3C(=O)OC)cc(C)nc21. The van der Waals surface area contributed by atoms with E-state index in [0.717, 1.165) is 5.69 Å². The number of methoxy groups -OCH3 is 1. The number of aromatic nitrogens is 5. The Bertz CT molecular complexity index is 1060. The van der Waals surface area contributed by atoms with Crippen molar-refractivity contribution >= 4 is 28.6 Å². The molecule has 0 saturated carbocycles. The fraction of sp³-hybridized carbons (Fsp3) is 0.389. The second kappa shape index (κ2) is 6.82. The lowest BCUT2D eigenvalue weighted by Gasteiger charge is -2.09. The Morgan fingerprint density at radius 3 is 2.52 bits per heavy atom. The summed E-state index contributed by atoms with van der Waals surface area (Å²) in [7, 11) is 2.91. The molecule has 1 N–H and O–H groups in total. The molecule has 1 amide bonds. The normalized spacial score (nSPS) is 11.0. The molecule has 0 bridgehead atoms. The summed E-state index contributed by atoms with van der Waals surface area (Å²) in [6.07, 6.45) is 0. The first-order chi connectivity index (χ1) is 12.8. The van der Waals surface area contributed by atoms with Crippen molar-refractivity contribution in [2.24, 2.45) is 7.05 Å². The standard InChI is InChI=1S/C18H22N6O3/c1-7-24-16-13(10(3)22-24)12(8-9(2)19-16)17(25)20-14-11(4)21-23(5)15(14)18(26)27-6/h8H,7H2,1-6H3,(H,20,25). The minimum Gasteiger partial charge on any atom is -0.464 e. The molecule has 0 radical (unpaired) electrons. The van der Waals surface area contributed by atoms with E-state index >= 15 is 0 Å². The Hall–Kier alpha value is -3.23. The van der Waals surface area contributed by atoms with E-state index in [2.05, 4.69) is 20.5 Å². The Morgan fingerprint density at radius 1 is 1.19 bits per heavy atom. The second-order valence-corrected chi connectivity index (χ2v) is 6.29. The van der Waals surface area contributed by atoms with Crippen LogP contribution >= 0.6 is 0 Å². The molecule has 0 aromatic carbocycles. The molecular weight excluding hydrogens is 348 g/mol. The Labute approximate surface area is 156 Å². The van der Waals surface area contributed by atoms with E-state index in [1.807, 2.05) is 20.8 Å². The molecule has 3 aromatic heterocycles. The van der Waals surface area contributed by atoms with Crippen molar-refractivity contribution in [2.75, 3.05) is 12.4 Å². The van der Waals surface area contributed by atoms with Gasteiger partial charge in [-0.15, -0.1) is 0 Å². The number of hydrogen-bond acceptors (Lipinski definition) is 6. The van der Waals surface area contributed by atoms with Crippen molar-refractivity contribution in [3.8, 4) is 0 Å². The Balaban J connectivity index is 2.11. The van der Waals surface area contributed by atoms with Crippen LogP contribution in [0.3, 0.4) is 0 Å². The summed E-state index contributed by atoms with van der Waals surface area (Å²) in [5.74, 6) is -0.926. The van der Waals surface area contributed by atoms with Crippen LogP contribution in [0.2, 0.25) is 0 Å². The van der Waals surface area contributed by atoms with E-state index in [0.29, 0.717) is 40.2 Å². The predicted octanol–water partition coefficient (Wildman–Crippen LogP) is 2.15. The second-order valence-electron chi connectivity index (χ2n) is 6.29. The van der Waals surface area contributed by atoms with Crippen LogP contribution in [-0.4, -0.2) is 43.5 Å². The van der Waals surface area contributed by atoms with Crippen LogP contribution in [0, 0.1) is 20.8 Å². The highest BCUT2D eigenvalue weighted by Gasteiger charge is 2.25. The first-order valence-electron chi connectivity index (χ1n) is 8.56. The average molecular weight is 370 g/mol. The lowest BCUT2D eigenvalue weighted by molar-refractivity contribution is 0.0589. The maximum atomic E-state index is 13.1. The van der Waals surface area contributed by atoms with E-state index in [9.17, 15) is 9.59 Å². The Morgan fingerprint density at radius 2 is 1.89 bits per heavy atom. The number of hydrogen-bond donors (Lipinski definition) is 1. The number of carbonyl (C=O) groups is 2. The van der Waals surface area contributed by atoms with Crippen molar-refractivity contribution in [3.05, 3.63) is 34.4 Å². The summed E-state index contributed by atoms with van der Waals surface area (Å²) in [4.78, 5) is 29.7. The third-order valence-corrected chi connectivity index (χ3v) is 4.39. The molecule has 3 heterocycles. The zero-order chi connectivity index (χ0) is 19.9. The van der Waals surface area contributed by atoms with Gasteiger partial charge in [0.15, 0.2) is 11.3 Å². The van der Waals surface area contributed by atoms with Crippen molar-refractivity contribution in [2.45, 2.75) is 34.2 Å². The molecule has 0 unspecified atom stereocenters. The van der Waals surface area contributed by atoms with Gasteiger partial charge in [-0.05, 0) is 33.8 Å². The number of nitrogens with one attached hydrogen (secondary N) is 1. The number of carbonyl (C=O) groups excluding carboxylic acids is 2. The number of nitrogens with zero attached hydrogens (tertiary/aromatic N) is 5. The van der Waals surface area contributed by atoms with Gasteiger partial charge in [0.25, 0.3) is 5.91 Å². The van der Waals surface area contributed by atoms with Crippen LogP contribution < -0.4 is 5.32 Å². The van der Waals surface area contributed by atoms with Gasteiger partial charge in [0.1, 0.15) is 0 Å². The zero-order valence-corrected chi connectivity index (χ0v) is 16.2. The van der Waals surface area contributed by atoms with Gasteiger partial charge in [0, 0.05) is 19.3 Å². The fourth-order valence-electron chi connectivity index (χ4n) is 3.20. The number of amides is 1. The monoisotopic (exact) mass is 370 g/mol. The van der Waals surface area contributed by atoms with Gasteiger partial charge in [-0.3, -0.25) is 9.48 Å². The molecule has 0 atom stereocenters. The molecule has 0 aliphatic rings. The fourth-order valence-corrected chi connectivity index (χ4v) is 3.20. The van der Waals surface area contributed by atoms with Crippen LogP contribution in [0.5, 0.6) is 0 Å². The number of ether oxygens (including phenoxy) is 1. The van der Waals surface area contributed by atoms with E-state index in [-0.39, 0.29) is 11.6 Å². The highest BCUT2D eigenvalue weighted by atomic mass is 16.5. The highest BCUT2D eigenvalue weighted by Crippen LogP contribution is 2.26. The van der Waals surface area contributed by atoms with Crippen LogP contribution in [0.25, 0.3) is 11.0 Å². The first kappa shape index (κ1) is 18.6. The number of fused-ring (bicyclic) bond motifs is 1. The minimum absolute atomic E-state index is 0.186. The molecule has 9 nitrogen and oxygen atoms in total. The van der Waals surface area contributed by atoms with Crippen LogP contribution in [-0.2, 0) is 18.3 Å². The van der Waals surface area contributed by atoms with Gasteiger partial charge >= 0.3 is 5.97 Å². The van der Waals surface area contributed by atoms with E-state index in [1.54, 1.807) is 24.7 Å². The van der Waals surface area contributed by atoms with Gasteiger partial charge in [-0.1, -0.05) is 0 Å². The van der Waals surface area contributed by atoms with Crippen molar-refractivity contribution < 1.29 is 14.3 Å². The lowest BCUT2D eigenvalue weighted by Crippen LogP contribution is -2.17. The van der Waals surface area contributed by atoms with Crippen molar-refractivity contribution in [1.29, 1.82) is 0 Å². The third kappa shape index (κ3) is 3.05. The number of aryl methyl sites for hydroxylation is 5. The third-order valence-electron chi connectivity index (χ3n) is 4.39. The molecule has 0 aliphatic carbocycles. The van der Waals surface area contributed by atoms with Gasteiger partial charge in [-0.25, -0.2) is 14.5 Å². The Kier molecular flexibility index (Phi) is 4.69. The highest BCUT2D eigenvalue weighted by molar-refractivity contribution is 6.14. The quantitative estimate of drug-likeness (QED) is 0.706. The first-order valence-corrected chi connectivity index (χ1v) is 8.56. The number of anilines is 1. The molecule has 27 heavy (non-hydrogen) atoms. The molecular formula is C18H22N6O3. The largest absolute Gasteiger partial charge is 0.464 e. The molecule has 142 valence electrons. The van der Waals surface area contributed by atoms with Gasteiger partial charge in [-0.2, -0.15) is 10.2 Å². The molecule has 0 spiro atoms. The van der Waals surface area contributed by atoms with Gasteiger partial charge in [0.2, 0.25) is 0 Å². The number of rotatable bonds is 4. The van der Waals surface area contributed by atoms with E-state index in [1.165, 1.54) is 11.8 Å².